The number of ether oxygens (including phenoxy) is 2. The molecule has 0 aliphatic heterocycles. The van der Waals surface area contributed by atoms with Gasteiger partial charge in [0.05, 0.1) is 18.5 Å². The van der Waals surface area contributed by atoms with Gasteiger partial charge in [0.15, 0.2) is 0 Å². The predicted octanol–water partition coefficient (Wildman–Crippen LogP) is 2.03. The Labute approximate surface area is 118 Å². The number of methoxy groups -OCH3 is 1. The second kappa shape index (κ2) is 7.09. The molecule has 1 atom stereocenters. The zero-order valence-electron chi connectivity index (χ0n) is 11.9. The van der Waals surface area contributed by atoms with Crippen molar-refractivity contribution < 1.29 is 14.3 Å². The minimum atomic E-state index is -0.195. The molecule has 0 bridgehead atoms. The molecule has 1 fully saturated rings. The summed E-state index contributed by atoms with van der Waals surface area (Å²) in [7, 11) is 1.62. The fourth-order valence-corrected chi connectivity index (χ4v) is 1.86. The Hall–Kier alpha value is -1.82. The Morgan fingerprint density at radius 1 is 1.45 bits per heavy atom. The SMILES string of the molecule is COCCOc1ccc(NC(=O)NC(C)C2CC2)cn1. The van der Waals surface area contributed by atoms with Crippen LogP contribution in [-0.4, -0.2) is 37.4 Å². The third-order valence-corrected chi connectivity index (χ3v) is 3.22. The summed E-state index contributed by atoms with van der Waals surface area (Å²) in [6, 6.07) is 3.50. The van der Waals surface area contributed by atoms with E-state index in [1.54, 1.807) is 25.4 Å². The van der Waals surface area contributed by atoms with E-state index in [-0.39, 0.29) is 12.1 Å². The summed E-state index contributed by atoms with van der Waals surface area (Å²) >= 11 is 0. The molecule has 1 aromatic heterocycles. The summed E-state index contributed by atoms with van der Waals surface area (Å²) in [5, 5.41) is 5.68. The minimum absolute atomic E-state index is 0.195. The van der Waals surface area contributed by atoms with Crippen LogP contribution < -0.4 is 15.4 Å². The molecule has 110 valence electrons. The monoisotopic (exact) mass is 279 g/mol. The van der Waals surface area contributed by atoms with Crippen LogP contribution in [0.5, 0.6) is 5.88 Å². The number of nitrogens with zero attached hydrogens (tertiary/aromatic N) is 1. The molecule has 2 N–H and O–H groups in total. The van der Waals surface area contributed by atoms with Crippen LogP contribution in [0.4, 0.5) is 10.5 Å². The van der Waals surface area contributed by atoms with Gasteiger partial charge in [-0.25, -0.2) is 9.78 Å². The molecule has 6 nitrogen and oxygen atoms in total. The zero-order chi connectivity index (χ0) is 14.4. The molecule has 20 heavy (non-hydrogen) atoms. The first-order chi connectivity index (χ1) is 9.69. The molecule has 2 rings (SSSR count). The quantitative estimate of drug-likeness (QED) is 0.749. The second-order valence-electron chi connectivity index (χ2n) is 4.95. The third kappa shape index (κ3) is 4.70. The summed E-state index contributed by atoms with van der Waals surface area (Å²) in [5.74, 6) is 1.15. The summed E-state index contributed by atoms with van der Waals surface area (Å²) in [4.78, 5) is 15.9. The number of pyridine rings is 1. The van der Waals surface area contributed by atoms with Gasteiger partial charge in [-0.2, -0.15) is 0 Å². The van der Waals surface area contributed by atoms with Crippen molar-refractivity contribution in [1.82, 2.24) is 10.3 Å². The number of amides is 2. The van der Waals surface area contributed by atoms with Crippen LogP contribution in [0.3, 0.4) is 0 Å². The van der Waals surface area contributed by atoms with Crippen LogP contribution in [-0.2, 0) is 4.74 Å². The third-order valence-electron chi connectivity index (χ3n) is 3.22. The van der Waals surface area contributed by atoms with Crippen LogP contribution in [0, 0.1) is 5.92 Å². The molecule has 1 aromatic rings. The first-order valence-corrected chi connectivity index (χ1v) is 6.84. The molecule has 1 aliphatic carbocycles. The number of carbonyl (C=O) groups is 1. The molecule has 1 heterocycles. The molecule has 6 heteroatoms. The lowest BCUT2D eigenvalue weighted by Crippen LogP contribution is -2.37. The van der Waals surface area contributed by atoms with E-state index in [1.165, 1.54) is 12.8 Å². The molecule has 1 saturated carbocycles. The van der Waals surface area contributed by atoms with Gasteiger partial charge in [-0.3, -0.25) is 0 Å². The van der Waals surface area contributed by atoms with Crippen molar-refractivity contribution in [2.75, 3.05) is 25.6 Å². The van der Waals surface area contributed by atoms with Gasteiger partial charge in [-0.15, -0.1) is 0 Å². The highest BCUT2D eigenvalue weighted by Crippen LogP contribution is 2.32. The van der Waals surface area contributed by atoms with Crippen molar-refractivity contribution in [3.8, 4) is 5.88 Å². The Kier molecular flexibility index (Phi) is 5.17. The standard InChI is InChI=1S/C14H21N3O3/c1-10(11-3-4-11)16-14(18)17-12-5-6-13(15-9-12)20-8-7-19-2/h5-6,9-11H,3-4,7-8H2,1-2H3,(H2,16,17,18). The number of anilines is 1. The number of urea groups is 1. The molecule has 0 aromatic carbocycles. The lowest BCUT2D eigenvalue weighted by Gasteiger charge is -2.13. The van der Waals surface area contributed by atoms with E-state index in [0.29, 0.717) is 30.7 Å². The van der Waals surface area contributed by atoms with Crippen molar-refractivity contribution in [3.05, 3.63) is 18.3 Å². The topological polar surface area (TPSA) is 72.5 Å². The number of hydrogen-bond donors (Lipinski definition) is 2. The van der Waals surface area contributed by atoms with Crippen LogP contribution >= 0.6 is 0 Å². The summed E-state index contributed by atoms with van der Waals surface area (Å²) < 4.78 is 10.2. The predicted molar refractivity (Wildman–Crippen MR) is 75.9 cm³/mol. The number of hydrogen-bond acceptors (Lipinski definition) is 4. The van der Waals surface area contributed by atoms with Gasteiger partial charge >= 0.3 is 6.03 Å². The van der Waals surface area contributed by atoms with Crippen molar-refractivity contribution >= 4 is 11.7 Å². The van der Waals surface area contributed by atoms with E-state index in [1.807, 2.05) is 6.92 Å². The van der Waals surface area contributed by atoms with E-state index in [0.717, 1.165) is 0 Å². The Bertz CT molecular complexity index is 432. The maximum absolute atomic E-state index is 11.8. The Balaban J connectivity index is 1.75. The van der Waals surface area contributed by atoms with Crippen molar-refractivity contribution in [2.24, 2.45) is 5.92 Å². The van der Waals surface area contributed by atoms with Crippen LogP contribution in [0.2, 0.25) is 0 Å². The molecular weight excluding hydrogens is 258 g/mol. The fourth-order valence-electron chi connectivity index (χ4n) is 1.86. The normalized spacial score (nSPS) is 15.5. The number of nitrogens with one attached hydrogen (secondary N) is 2. The van der Waals surface area contributed by atoms with Crippen LogP contribution in [0.25, 0.3) is 0 Å². The van der Waals surface area contributed by atoms with Gasteiger partial charge < -0.3 is 20.1 Å². The smallest absolute Gasteiger partial charge is 0.319 e. The van der Waals surface area contributed by atoms with E-state index >= 15 is 0 Å². The van der Waals surface area contributed by atoms with Gasteiger partial charge in [-0.1, -0.05) is 0 Å². The number of carbonyl (C=O) groups excluding carboxylic acids is 1. The van der Waals surface area contributed by atoms with Crippen molar-refractivity contribution in [2.45, 2.75) is 25.8 Å². The number of aromatic nitrogens is 1. The Morgan fingerprint density at radius 2 is 2.25 bits per heavy atom. The average molecular weight is 279 g/mol. The van der Waals surface area contributed by atoms with Crippen LogP contribution in [0.1, 0.15) is 19.8 Å². The van der Waals surface area contributed by atoms with Gasteiger partial charge in [0, 0.05) is 19.2 Å². The fraction of sp³-hybridized carbons (Fsp3) is 0.571. The molecule has 0 saturated heterocycles. The molecular formula is C14H21N3O3. The highest BCUT2D eigenvalue weighted by atomic mass is 16.5. The van der Waals surface area contributed by atoms with Crippen molar-refractivity contribution in [1.29, 1.82) is 0 Å². The van der Waals surface area contributed by atoms with E-state index in [4.69, 9.17) is 9.47 Å². The molecule has 2 amide bonds. The molecule has 0 radical (unpaired) electrons. The van der Waals surface area contributed by atoms with Gasteiger partial charge in [-0.05, 0) is 31.7 Å². The van der Waals surface area contributed by atoms with Gasteiger partial charge in [0.2, 0.25) is 5.88 Å². The molecule has 1 unspecified atom stereocenters. The Morgan fingerprint density at radius 3 is 2.85 bits per heavy atom. The average Bonchev–Trinajstić information content (AvgIpc) is 3.25. The lowest BCUT2D eigenvalue weighted by molar-refractivity contribution is 0.144. The highest BCUT2D eigenvalue weighted by Gasteiger charge is 2.28. The summed E-state index contributed by atoms with van der Waals surface area (Å²) in [5.41, 5.74) is 0.643. The lowest BCUT2D eigenvalue weighted by atomic mass is 10.2. The van der Waals surface area contributed by atoms with Crippen molar-refractivity contribution in [3.63, 3.8) is 0 Å². The molecule has 0 spiro atoms. The molecule has 1 aliphatic rings. The summed E-state index contributed by atoms with van der Waals surface area (Å²) in [6.45, 7) is 3.00. The highest BCUT2D eigenvalue weighted by molar-refractivity contribution is 5.89. The van der Waals surface area contributed by atoms with Gasteiger partial charge in [0.25, 0.3) is 0 Å². The minimum Gasteiger partial charge on any atom is -0.475 e. The van der Waals surface area contributed by atoms with E-state index in [2.05, 4.69) is 15.6 Å². The largest absolute Gasteiger partial charge is 0.475 e. The number of rotatable bonds is 7. The maximum Gasteiger partial charge on any atom is 0.319 e. The van der Waals surface area contributed by atoms with E-state index in [9.17, 15) is 4.79 Å². The maximum atomic E-state index is 11.8. The van der Waals surface area contributed by atoms with Gasteiger partial charge in [0.1, 0.15) is 6.61 Å². The zero-order valence-corrected chi connectivity index (χ0v) is 11.9. The first kappa shape index (κ1) is 14.6. The second-order valence-corrected chi connectivity index (χ2v) is 4.95. The first-order valence-electron chi connectivity index (χ1n) is 6.84. The summed E-state index contributed by atoms with van der Waals surface area (Å²) in [6.07, 6.45) is 3.98. The van der Waals surface area contributed by atoms with Crippen LogP contribution in [0.15, 0.2) is 18.3 Å². The van der Waals surface area contributed by atoms with E-state index < -0.39 is 0 Å².